The zero-order valence-electron chi connectivity index (χ0n) is 16.6. The molecule has 0 saturated heterocycles. The molecule has 0 aliphatic heterocycles. The van der Waals surface area contributed by atoms with Crippen LogP contribution in [0.1, 0.15) is 25.3 Å². The number of anilines is 5. The molecule has 0 fully saturated rings. The van der Waals surface area contributed by atoms with Crippen LogP contribution in [0.15, 0.2) is 48.8 Å². The van der Waals surface area contributed by atoms with Crippen LogP contribution in [0.2, 0.25) is 5.02 Å². The average molecular weight is 452 g/mol. The number of benzene rings is 2. The Morgan fingerprint density at radius 2 is 1.71 bits per heavy atom. The highest BCUT2D eigenvalue weighted by atomic mass is 35.5. The Bertz CT molecular complexity index is 1030. The molecular formula is C21H21ClF3N5O. The van der Waals surface area contributed by atoms with Crippen molar-refractivity contribution in [2.45, 2.75) is 25.9 Å². The summed E-state index contributed by atoms with van der Waals surface area (Å²) in [7, 11) is 0. The number of ether oxygens (including phenoxy) is 1. The van der Waals surface area contributed by atoms with Crippen LogP contribution in [0.3, 0.4) is 0 Å². The van der Waals surface area contributed by atoms with Crippen molar-refractivity contribution in [2.24, 2.45) is 0 Å². The van der Waals surface area contributed by atoms with Gasteiger partial charge in [0.1, 0.15) is 17.8 Å². The predicted molar refractivity (Wildman–Crippen MR) is 116 cm³/mol. The first-order valence-corrected chi connectivity index (χ1v) is 9.90. The molecule has 0 unspecified atom stereocenters. The summed E-state index contributed by atoms with van der Waals surface area (Å²) >= 11 is 6.04. The second-order valence-corrected chi connectivity index (χ2v) is 7.06. The number of nitrogens with two attached hydrogens (primary N) is 1. The second-order valence-electron chi connectivity index (χ2n) is 6.65. The zero-order valence-corrected chi connectivity index (χ0v) is 17.4. The summed E-state index contributed by atoms with van der Waals surface area (Å²) in [6.45, 7) is 2.74. The fourth-order valence-electron chi connectivity index (χ4n) is 2.63. The highest BCUT2D eigenvalue weighted by molar-refractivity contribution is 6.33. The first-order chi connectivity index (χ1) is 14.8. The summed E-state index contributed by atoms with van der Waals surface area (Å²) in [5.41, 5.74) is 6.14. The lowest BCUT2D eigenvalue weighted by Crippen LogP contribution is -2.08. The molecule has 0 aliphatic rings. The molecule has 164 valence electrons. The van der Waals surface area contributed by atoms with Crippen LogP contribution >= 0.6 is 11.6 Å². The number of hydrogen-bond acceptors (Lipinski definition) is 6. The molecule has 6 nitrogen and oxygen atoms in total. The minimum absolute atomic E-state index is 0.0291. The Morgan fingerprint density at radius 3 is 2.35 bits per heavy atom. The van der Waals surface area contributed by atoms with E-state index in [1.54, 1.807) is 12.1 Å². The topological polar surface area (TPSA) is 85.1 Å². The van der Waals surface area contributed by atoms with E-state index in [0.29, 0.717) is 18.1 Å². The number of nitrogen functional groups attached to an aromatic ring is 1. The maximum Gasteiger partial charge on any atom is 0.416 e. The van der Waals surface area contributed by atoms with Gasteiger partial charge in [-0.15, -0.1) is 0 Å². The predicted octanol–water partition coefficient (Wildman–Crippen LogP) is 6.40. The van der Waals surface area contributed by atoms with Gasteiger partial charge in [-0.3, -0.25) is 0 Å². The Morgan fingerprint density at radius 1 is 1.03 bits per heavy atom. The summed E-state index contributed by atoms with van der Waals surface area (Å²) in [6, 6.07) is 10.2. The Balaban J connectivity index is 1.76. The van der Waals surface area contributed by atoms with Crippen molar-refractivity contribution in [1.29, 1.82) is 0 Å². The molecule has 10 heteroatoms. The van der Waals surface area contributed by atoms with Gasteiger partial charge in [-0.1, -0.05) is 24.9 Å². The van der Waals surface area contributed by atoms with Crippen molar-refractivity contribution < 1.29 is 17.9 Å². The first-order valence-electron chi connectivity index (χ1n) is 9.52. The molecule has 2 aromatic carbocycles. The van der Waals surface area contributed by atoms with Crippen molar-refractivity contribution in [1.82, 2.24) is 9.97 Å². The minimum atomic E-state index is -4.50. The van der Waals surface area contributed by atoms with Crippen molar-refractivity contribution in [3.8, 4) is 5.75 Å². The number of alkyl halides is 3. The molecule has 3 rings (SSSR count). The fourth-order valence-corrected chi connectivity index (χ4v) is 2.79. The Hall–Kier alpha value is -3.20. The molecule has 3 aromatic rings. The van der Waals surface area contributed by atoms with Crippen LogP contribution in [-0.4, -0.2) is 16.6 Å². The van der Waals surface area contributed by atoms with Gasteiger partial charge in [0.05, 0.1) is 22.9 Å². The quantitative estimate of drug-likeness (QED) is 0.344. The summed E-state index contributed by atoms with van der Waals surface area (Å²) in [4.78, 5) is 8.12. The van der Waals surface area contributed by atoms with Gasteiger partial charge in [-0.2, -0.15) is 13.2 Å². The maximum absolute atomic E-state index is 13.0. The SMILES string of the molecule is CCCCOc1ccc(Nc2ncnc(Nc3cc(C(F)(F)F)ccc3Cl)c2N)cc1. The molecule has 0 amide bonds. The highest BCUT2D eigenvalue weighted by Crippen LogP contribution is 2.36. The van der Waals surface area contributed by atoms with Crippen molar-refractivity contribution in [2.75, 3.05) is 23.0 Å². The van der Waals surface area contributed by atoms with Gasteiger partial charge >= 0.3 is 6.18 Å². The van der Waals surface area contributed by atoms with Gasteiger partial charge in [-0.05, 0) is 48.9 Å². The molecule has 31 heavy (non-hydrogen) atoms. The molecule has 4 N–H and O–H groups in total. The lowest BCUT2D eigenvalue weighted by Gasteiger charge is -2.15. The molecule has 0 radical (unpaired) electrons. The summed E-state index contributed by atoms with van der Waals surface area (Å²) in [5.74, 6) is 1.16. The number of aromatic nitrogens is 2. The summed E-state index contributed by atoms with van der Waals surface area (Å²) in [5, 5.41) is 5.90. The number of hydrogen-bond donors (Lipinski definition) is 3. The molecular weight excluding hydrogens is 431 g/mol. The summed E-state index contributed by atoms with van der Waals surface area (Å²) < 4.78 is 44.6. The van der Waals surface area contributed by atoms with Crippen LogP contribution in [0.4, 0.5) is 41.9 Å². The van der Waals surface area contributed by atoms with Crippen LogP contribution in [0, 0.1) is 0 Å². The zero-order chi connectivity index (χ0) is 22.4. The number of nitrogens with one attached hydrogen (secondary N) is 2. The van der Waals surface area contributed by atoms with Gasteiger partial charge in [0, 0.05) is 5.69 Å². The number of halogens is 4. The largest absolute Gasteiger partial charge is 0.494 e. The van der Waals surface area contributed by atoms with E-state index >= 15 is 0 Å². The lowest BCUT2D eigenvalue weighted by atomic mass is 10.2. The van der Waals surface area contributed by atoms with Gasteiger partial charge in [0.2, 0.25) is 0 Å². The molecule has 0 bridgehead atoms. The van der Waals surface area contributed by atoms with Crippen LogP contribution in [0.25, 0.3) is 0 Å². The Kier molecular flexibility index (Phi) is 7.06. The molecule has 0 atom stereocenters. The van der Waals surface area contributed by atoms with E-state index in [4.69, 9.17) is 22.1 Å². The number of nitrogens with zero attached hydrogens (tertiary/aromatic N) is 2. The van der Waals surface area contributed by atoms with Crippen molar-refractivity contribution in [3.05, 3.63) is 59.4 Å². The molecule has 1 aromatic heterocycles. The van der Waals surface area contributed by atoms with E-state index in [2.05, 4.69) is 27.5 Å². The van der Waals surface area contributed by atoms with Crippen LogP contribution in [0.5, 0.6) is 5.75 Å². The molecule has 0 aliphatic carbocycles. The standard InChI is InChI=1S/C21H21ClF3N5O/c1-2-3-10-31-15-7-5-14(6-8-15)29-19-18(26)20(28-12-27-19)30-17-11-13(21(23,24)25)4-9-16(17)22/h4-9,11-12H,2-3,10,26H2,1H3,(H2,27,28,29,30). The van der Waals surface area contributed by atoms with Gasteiger partial charge in [-0.25, -0.2) is 9.97 Å². The van der Waals surface area contributed by atoms with E-state index in [1.807, 2.05) is 12.1 Å². The van der Waals surface area contributed by atoms with E-state index in [0.717, 1.165) is 36.8 Å². The monoisotopic (exact) mass is 451 g/mol. The number of unbranched alkanes of at least 4 members (excludes halogenated alkanes) is 1. The van der Waals surface area contributed by atoms with Crippen molar-refractivity contribution >= 4 is 40.3 Å². The highest BCUT2D eigenvalue weighted by Gasteiger charge is 2.31. The average Bonchev–Trinajstić information content (AvgIpc) is 2.73. The molecule has 0 spiro atoms. The van der Waals surface area contributed by atoms with E-state index in [9.17, 15) is 13.2 Å². The smallest absolute Gasteiger partial charge is 0.416 e. The van der Waals surface area contributed by atoms with Crippen molar-refractivity contribution in [3.63, 3.8) is 0 Å². The van der Waals surface area contributed by atoms with E-state index in [-0.39, 0.29) is 22.2 Å². The van der Waals surface area contributed by atoms with E-state index < -0.39 is 11.7 Å². The third kappa shape index (κ3) is 5.91. The van der Waals surface area contributed by atoms with Gasteiger partial charge < -0.3 is 21.1 Å². The van der Waals surface area contributed by atoms with Crippen LogP contribution < -0.4 is 21.1 Å². The normalized spacial score (nSPS) is 11.3. The third-order valence-electron chi connectivity index (χ3n) is 4.31. The third-order valence-corrected chi connectivity index (χ3v) is 4.64. The molecule has 0 saturated carbocycles. The second kappa shape index (κ2) is 9.74. The minimum Gasteiger partial charge on any atom is -0.494 e. The van der Waals surface area contributed by atoms with Gasteiger partial charge in [0.25, 0.3) is 0 Å². The van der Waals surface area contributed by atoms with Gasteiger partial charge in [0.15, 0.2) is 11.6 Å². The summed E-state index contributed by atoms with van der Waals surface area (Å²) in [6.07, 6.45) is -1.24. The maximum atomic E-state index is 13.0. The lowest BCUT2D eigenvalue weighted by molar-refractivity contribution is -0.137. The first kappa shape index (κ1) is 22.5. The van der Waals surface area contributed by atoms with Crippen LogP contribution in [-0.2, 0) is 6.18 Å². The fraction of sp³-hybridized carbons (Fsp3) is 0.238. The van der Waals surface area contributed by atoms with E-state index in [1.165, 1.54) is 6.33 Å². The number of rotatable bonds is 8. The Labute approximate surface area is 182 Å². The molecule has 1 heterocycles.